The number of quaternary nitrogens is 1. The van der Waals surface area contributed by atoms with Crippen molar-refractivity contribution in [1.29, 1.82) is 0 Å². The monoisotopic (exact) mass is 306 g/mol. The maximum absolute atomic E-state index is 6.80. The first kappa shape index (κ1) is 16.5. The molecule has 0 aromatic rings. The second kappa shape index (κ2) is 5.94. The highest BCUT2D eigenvalue weighted by atomic mass is 16.5. The highest BCUT2D eigenvalue weighted by Gasteiger charge is 2.46. The topological polar surface area (TPSA) is 9.23 Å². The van der Waals surface area contributed by atoms with Gasteiger partial charge in [-0.25, -0.2) is 0 Å². The van der Waals surface area contributed by atoms with E-state index < -0.39 is 0 Å². The molecule has 0 saturated heterocycles. The third-order valence-electron chi connectivity index (χ3n) is 5.92. The number of hydrogen-bond donors (Lipinski definition) is 0. The summed E-state index contributed by atoms with van der Waals surface area (Å²) in [6.07, 6.45) is 11.8. The minimum Gasteiger partial charge on any atom is -0.369 e. The Balaban J connectivity index is 1.92. The molecule has 0 N–H and O–H groups in total. The Morgan fingerprint density at radius 2 is 1.59 bits per heavy atom. The van der Waals surface area contributed by atoms with Crippen molar-refractivity contribution in [1.82, 2.24) is 0 Å². The summed E-state index contributed by atoms with van der Waals surface area (Å²) in [7, 11) is 6.93. The van der Waals surface area contributed by atoms with Gasteiger partial charge in [-0.2, -0.15) is 0 Å². The van der Waals surface area contributed by atoms with Gasteiger partial charge in [0.25, 0.3) is 0 Å². The minimum atomic E-state index is 0.221. The molecule has 0 bridgehead atoms. The summed E-state index contributed by atoms with van der Waals surface area (Å²) < 4.78 is 7.82. The smallest absolute Gasteiger partial charge is 0.0896 e. The Morgan fingerprint density at radius 3 is 2.27 bits per heavy atom. The molecule has 0 aromatic heterocycles. The van der Waals surface area contributed by atoms with E-state index in [1.807, 2.05) is 5.57 Å². The molecular formula is C20H36NO+. The molecule has 0 spiro atoms. The molecular weight excluding hydrogens is 270 g/mol. The summed E-state index contributed by atoms with van der Waals surface area (Å²) in [5.41, 5.74) is 3.77. The van der Waals surface area contributed by atoms with E-state index in [0.717, 1.165) is 10.4 Å². The molecule has 0 aromatic carbocycles. The average molecular weight is 307 g/mol. The molecule has 0 amide bonds. The first-order valence-electron chi connectivity index (χ1n) is 9.46. The minimum absolute atomic E-state index is 0.221. The summed E-state index contributed by atoms with van der Waals surface area (Å²) in [5.74, 6) is 0.764. The largest absolute Gasteiger partial charge is 0.369 e. The molecule has 3 atom stereocenters. The van der Waals surface area contributed by atoms with Gasteiger partial charge >= 0.3 is 0 Å². The van der Waals surface area contributed by atoms with E-state index >= 15 is 0 Å². The third-order valence-corrected chi connectivity index (χ3v) is 5.92. The summed E-state index contributed by atoms with van der Waals surface area (Å²) in [6, 6.07) is 0. The SMILES string of the molecule is CC(C)(C[N+](C)(C)C)[C@@H]1O[C@@H]2CCCC[C@H]2C2=C1CCCC2. The quantitative estimate of drug-likeness (QED) is 0.549. The second-order valence-electron chi connectivity index (χ2n) is 9.64. The van der Waals surface area contributed by atoms with Crippen LogP contribution in [0, 0.1) is 11.3 Å². The molecule has 1 aliphatic heterocycles. The van der Waals surface area contributed by atoms with Crippen LogP contribution >= 0.6 is 0 Å². The van der Waals surface area contributed by atoms with Crippen molar-refractivity contribution in [2.45, 2.75) is 77.4 Å². The van der Waals surface area contributed by atoms with Crippen LogP contribution in [0.3, 0.4) is 0 Å². The lowest BCUT2D eigenvalue weighted by molar-refractivity contribution is -0.877. The molecule has 1 saturated carbocycles. The van der Waals surface area contributed by atoms with Crippen LogP contribution in [0.5, 0.6) is 0 Å². The van der Waals surface area contributed by atoms with Crippen molar-refractivity contribution in [2.75, 3.05) is 27.7 Å². The maximum atomic E-state index is 6.80. The van der Waals surface area contributed by atoms with Crippen LogP contribution in [0.25, 0.3) is 0 Å². The zero-order chi connectivity index (χ0) is 16.0. The first-order chi connectivity index (χ1) is 10.3. The fraction of sp³-hybridized carbons (Fsp3) is 0.900. The van der Waals surface area contributed by atoms with Gasteiger partial charge in [0.05, 0.1) is 39.9 Å². The number of rotatable bonds is 3. The molecule has 126 valence electrons. The van der Waals surface area contributed by atoms with E-state index in [4.69, 9.17) is 4.74 Å². The Kier molecular flexibility index (Phi) is 4.46. The predicted octanol–water partition coefficient (Wildman–Crippen LogP) is 4.55. The van der Waals surface area contributed by atoms with E-state index in [2.05, 4.69) is 35.0 Å². The second-order valence-corrected chi connectivity index (χ2v) is 9.64. The van der Waals surface area contributed by atoms with Crippen LogP contribution in [-0.4, -0.2) is 44.4 Å². The van der Waals surface area contributed by atoms with Crippen LogP contribution in [0.4, 0.5) is 0 Å². The third kappa shape index (κ3) is 3.28. The van der Waals surface area contributed by atoms with Gasteiger partial charge in [0.15, 0.2) is 0 Å². The van der Waals surface area contributed by atoms with E-state index in [1.54, 1.807) is 5.57 Å². The maximum Gasteiger partial charge on any atom is 0.0896 e. The summed E-state index contributed by atoms with van der Waals surface area (Å²) >= 11 is 0. The Hall–Kier alpha value is -0.340. The molecule has 0 unspecified atom stereocenters. The molecule has 1 fully saturated rings. The highest BCUT2D eigenvalue weighted by Crippen LogP contribution is 2.49. The van der Waals surface area contributed by atoms with Crippen LogP contribution in [0.15, 0.2) is 11.1 Å². The molecule has 2 aliphatic carbocycles. The van der Waals surface area contributed by atoms with E-state index in [1.165, 1.54) is 57.9 Å². The van der Waals surface area contributed by atoms with Crippen LogP contribution in [-0.2, 0) is 4.74 Å². The molecule has 3 rings (SSSR count). The molecule has 2 heteroatoms. The van der Waals surface area contributed by atoms with Gasteiger partial charge in [-0.05, 0) is 44.1 Å². The van der Waals surface area contributed by atoms with Crippen LogP contribution in [0.1, 0.15) is 65.2 Å². The lowest BCUT2D eigenvalue weighted by atomic mass is 9.68. The van der Waals surface area contributed by atoms with Crippen molar-refractivity contribution >= 4 is 0 Å². The zero-order valence-corrected chi connectivity index (χ0v) is 15.5. The van der Waals surface area contributed by atoms with Crippen molar-refractivity contribution in [2.24, 2.45) is 11.3 Å². The van der Waals surface area contributed by atoms with Gasteiger partial charge in [0.2, 0.25) is 0 Å². The summed E-state index contributed by atoms with van der Waals surface area (Å²) in [5, 5.41) is 0. The zero-order valence-electron chi connectivity index (χ0n) is 15.5. The lowest BCUT2D eigenvalue weighted by Crippen LogP contribution is -2.52. The van der Waals surface area contributed by atoms with Crippen LogP contribution < -0.4 is 0 Å². The van der Waals surface area contributed by atoms with Gasteiger partial charge in [0, 0.05) is 11.3 Å². The van der Waals surface area contributed by atoms with Gasteiger partial charge in [-0.1, -0.05) is 32.3 Å². The lowest BCUT2D eigenvalue weighted by Gasteiger charge is -2.50. The predicted molar refractivity (Wildman–Crippen MR) is 92.8 cm³/mol. The average Bonchev–Trinajstić information content (AvgIpc) is 2.44. The summed E-state index contributed by atoms with van der Waals surface area (Å²) in [4.78, 5) is 0. The number of nitrogens with zero attached hydrogens (tertiary/aromatic N) is 1. The fourth-order valence-electron chi connectivity index (χ4n) is 5.55. The standard InChI is InChI=1S/C20H36NO/c1-20(2,14-21(3,4)5)19-17-12-7-6-10-15(17)16-11-8-9-13-18(16)22-19/h16,18-19H,6-14H2,1-5H3/q+1/t16-,18+,19+/m0/s1. The van der Waals surface area contributed by atoms with E-state index in [9.17, 15) is 0 Å². The Morgan fingerprint density at radius 1 is 0.955 bits per heavy atom. The fourth-order valence-corrected chi connectivity index (χ4v) is 5.55. The normalized spacial score (nSPS) is 33.4. The molecule has 0 radical (unpaired) electrons. The van der Waals surface area contributed by atoms with Crippen molar-refractivity contribution < 1.29 is 9.22 Å². The van der Waals surface area contributed by atoms with Gasteiger partial charge in [0.1, 0.15) is 0 Å². The van der Waals surface area contributed by atoms with Crippen molar-refractivity contribution in [3.63, 3.8) is 0 Å². The number of fused-ring (bicyclic) bond motifs is 2. The molecule has 3 aliphatic rings. The molecule has 22 heavy (non-hydrogen) atoms. The highest BCUT2D eigenvalue weighted by molar-refractivity contribution is 5.29. The van der Waals surface area contributed by atoms with E-state index in [-0.39, 0.29) is 5.41 Å². The number of hydrogen-bond acceptors (Lipinski definition) is 1. The summed E-state index contributed by atoms with van der Waals surface area (Å²) in [6.45, 7) is 6.04. The first-order valence-corrected chi connectivity index (χ1v) is 9.46. The van der Waals surface area contributed by atoms with Crippen LogP contribution in [0.2, 0.25) is 0 Å². The van der Waals surface area contributed by atoms with E-state index in [0.29, 0.717) is 12.2 Å². The molecule has 1 heterocycles. The van der Waals surface area contributed by atoms with Gasteiger partial charge < -0.3 is 9.22 Å². The molecule has 2 nitrogen and oxygen atoms in total. The Bertz CT molecular complexity index is 443. The number of ether oxygens (including phenoxy) is 1. The van der Waals surface area contributed by atoms with Crippen molar-refractivity contribution in [3.8, 4) is 0 Å². The Labute approximate surface area is 137 Å². The van der Waals surface area contributed by atoms with Gasteiger partial charge in [-0.3, -0.25) is 0 Å². The van der Waals surface area contributed by atoms with Gasteiger partial charge in [-0.15, -0.1) is 0 Å². The van der Waals surface area contributed by atoms with Crippen molar-refractivity contribution in [3.05, 3.63) is 11.1 Å².